The van der Waals surface area contributed by atoms with E-state index in [1.54, 1.807) is 12.1 Å². The normalized spacial score (nSPS) is 17.3. The zero-order chi connectivity index (χ0) is 14.0. The third-order valence-corrected chi connectivity index (χ3v) is 3.68. The van der Waals surface area contributed by atoms with Gasteiger partial charge in [0.2, 0.25) is 0 Å². The van der Waals surface area contributed by atoms with Gasteiger partial charge in [-0.25, -0.2) is 0 Å². The molecule has 1 aliphatic heterocycles. The van der Waals surface area contributed by atoms with E-state index < -0.39 is 12.1 Å². The van der Waals surface area contributed by atoms with Crippen LogP contribution in [0.25, 0.3) is 0 Å². The summed E-state index contributed by atoms with van der Waals surface area (Å²) in [7, 11) is 0. The Labute approximate surface area is 114 Å². The highest BCUT2D eigenvalue weighted by Crippen LogP contribution is 2.37. The predicted octanol–water partition coefficient (Wildman–Crippen LogP) is 3.99. The highest BCUT2D eigenvalue weighted by Gasteiger charge is 2.41. The topological polar surface area (TPSA) is 27.0 Å². The summed E-state index contributed by atoms with van der Waals surface area (Å²) in [5.74, 6) is -1.22. The lowest BCUT2D eigenvalue weighted by Crippen LogP contribution is -2.39. The Morgan fingerprint density at radius 1 is 1.26 bits per heavy atom. The van der Waals surface area contributed by atoms with E-state index in [9.17, 15) is 13.2 Å². The van der Waals surface area contributed by atoms with Gasteiger partial charge in [0.25, 0.3) is 0 Å². The van der Waals surface area contributed by atoms with E-state index in [4.69, 9.17) is 16.9 Å². The molecule has 19 heavy (non-hydrogen) atoms. The Morgan fingerprint density at radius 2 is 1.89 bits per heavy atom. The van der Waals surface area contributed by atoms with Gasteiger partial charge in [-0.2, -0.15) is 18.4 Å². The first-order chi connectivity index (χ1) is 8.91. The number of alkyl halides is 3. The van der Waals surface area contributed by atoms with Crippen molar-refractivity contribution in [2.45, 2.75) is 19.0 Å². The van der Waals surface area contributed by atoms with Gasteiger partial charge in [-0.05, 0) is 31.0 Å². The van der Waals surface area contributed by atoms with Gasteiger partial charge in [0.1, 0.15) is 0 Å². The van der Waals surface area contributed by atoms with Crippen molar-refractivity contribution in [2.24, 2.45) is 5.92 Å². The van der Waals surface area contributed by atoms with Crippen molar-refractivity contribution < 1.29 is 13.2 Å². The van der Waals surface area contributed by atoms with Gasteiger partial charge in [0.05, 0.1) is 28.3 Å². The number of halogens is 4. The minimum Gasteiger partial charge on any atom is -0.370 e. The van der Waals surface area contributed by atoms with Crippen molar-refractivity contribution >= 4 is 17.3 Å². The number of hydrogen-bond acceptors (Lipinski definition) is 2. The second-order valence-corrected chi connectivity index (χ2v) is 4.99. The first kappa shape index (κ1) is 14.0. The molecule has 0 aliphatic carbocycles. The largest absolute Gasteiger partial charge is 0.391 e. The van der Waals surface area contributed by atoms with Gasteiger partial charge in [-0.15, -0.1) is 0 Å². The summed E-state index contributed by atoms with van der Waals surface area (Å²) in [4.78, 5) is 1.84. The molecule has 2 nitrogen and oxygen atoms in total. The second kappa shape index (κ2) is 5.30. The minimum absolute atomic E-state index is 0.0832. The lowest BCUT2D eigenvalue weighted by molar-refractivity contribution is -0.179. The molecule has 102 valence electrons. The van der Waals surface area contributed by atoms with Crippen LogP contribution in [0.2, 0.25) is 5.02 Å². The van der Waals surface area contributed by atoms with Gasteiger partial charge in [-0.1, -0.05) is 11.6 Å². The van der Waals surface area contributed by atoms with Crippen LogP contribution in [-0.2, 0) is 0 Å². The molecule has 0 saturated carbocycles. The van der Waals surface area contributed by atoms with Crippen molar-refractivity contribution in [3.63, 3.8) is 0 Å². The van der Waals surface area contributed by atoms with Gasteiger partial charge >= 0.3 is 6.18 Å². The van der Waals surface area contributed by atoms with Crippen LogP contribution >= 0.6 is 11.6 Å². The second-order valence-electron chi connectivity index (χ2n) is 4.58. The summed E-state index contributed by atoms with van der Waals surface area (Å²) < 4.78 is 37.7. The average Bonchev–Trinajstić information content (AvgIpc) is 2.37. The molecule has 1 saturated heterocycles. The maximum absolute atomic E-state index is 12.6. The molecule has 1 aliphatic rings. The number of hydrogen-bond donors (Lipinski definition) is 0. The van der Waals surface area contributed by atoms with Crippen molar-refractivity contribution in [3.8, 4) is 6.07 Å². The fraction of sp³-hybridized carbons (Fsp3) is 0.462. The number of nitrogens with zero attached hydrogens (tertiary/aromatic N) is 2. The molecule has 1 fully saturated rings. The van der Waals surface area contributed by atoms with Crippen molar-refractivity contribution in [1.82, 2.24) is 0 Å². The quantitative estimate of drug-likeness (QED) is 0.781. The van der Waals surface area contributed by atoms with Crippen LogP contribution in [0.1, 0.15) is 18.4 Å². The number of piperidine rings is 1. The van der Waals surface area contributed by atoms with Crippen LogP contribution in [0.5, 0.6) is 0 Å². The summed E-state index contributed by atoms with van der Waals surface area (Å²) in [6.45, 7) is 0.658. The van der Waals surface area contributed by atoms with Crippen molar-refractivity contribution in [3.05, 3.63) is 28.8 Å². The molecule has 0 atom stereocenters. The number of anilines is 1. The van der Waals surface area contributed by atoms with Crippen molar-refractivity contribution in [2.75, 3.05) is 18.0 Å². The molecule has 0 radical (unpaired) electrons. The SMILES string of the molecule is N#Cc1ccc(N2CCC(C(F)(F)F)CC2)c(Cl)c1. The lowest BCUT2D eigenvalue weighted by atomic mass is 9.96. The monoisotopic (exact) mass is 288 g/mol. The number of nitriles is 1. The maximum Gasteiger partial charge on any atom is 0.391 e. The molecule has 0 bridgehead atoms. The smallest absolute Gasteiger partial charge is 0.370 e. The van der Waals surface area contributed by atoms with E-state index in [-0.39, 0.29) is 12.8 Å². The van der Waals surface area contributed by atoms with E-state index in [1.165, 1.54) is 6.07 Å². The van der Waals surface area contributed by atoms with E-state index in [2.05, 4.69) is 0 Å². The average molecular weight is 289 g/mol. The molecule has 0 spiro atoms. The first-order valence-electron chi connectivity index (χ1n) is 5.93. The summed E-state index contributed by atoms with van der Waals surface area (Å²) in [6.07, 6.45) is -3.94. The molecule has 1 heterocycles. The Morgan fingerprint density at radius 3 is 2.37 bits per heavy atom. The van der Waals surface area contributed by atoms with E-state index in [0.717, 1.165) is 0 Å². The van der Waals surface area contributed by atoms with E-state index >= 15 is 0 Å². The molecule has 0 unspecified atom stereocenters. The Bertz CT molecular complexity index is 500. The van der Waals surface area contributed by atoms with Crippen LogP contribution in [0, 0.1) is 17.2 Å². The van der Waals surface area contributed by atoms with Crippen LogP contribution in [0.3, 0.4) is 0 Å². The molecule has 1 aromatic rings. The summed E-state index contributed by atoms with van der Waals surface area (Å²) in [5.41, 5.74) is 1.14. The Balaban J connectivity index is 2.08. The minimum atomic E-state index is -4.11. The molecule has 0 aromatic heterocycles. The third kappa shape index (κ3) is 3.13. The fourth-order valence-corrected chi connectivity index (χ4v) is 2.58. The third-order valence-electron chi connectivity index (χ3n) is 3.38. The Hall–Kier alpha value is -1.41. The lowest BCUT2D eigenvalue weighted by Gasteiger charge is -2.34. The van der Waals surface area contributed by atoms with Crippen LogP contribution in [0.15, 0.2) is 18.2 Å². The first-order valence-corrected chi connectivity index (χ1v) is 6.31. The van der Waals surface area contributed by atoms with Crippen molar-refractivity contribution in [1.29, 1.82) is 5.26 Å². The predicted molar refractivity (Wildman–Crippen MR) is 67.2 cm³/mol. The highest BCUT2D eigenvalue weighted by atomic mass is 35.5. The number of rotatable bonds is 1. The highest BCUT2D eigenvalue weighted by molar-refractivity contribution is 6.33. The van der Waals surface area contributed by atoms with Gasteiger partial charge in [0, 0.05) is 13.1 Å². The van der Waals surface area contributed by atoms with Crippen LogP contribution < -0.4 is 4.90 Å². The van der Waals surface area contributed by atoms with Gasteiger partial charge in [-0.3, -0.25) is 0 Å². The standard InChI is InChI=1S/C13H12ClF3N2/c14-11-7-9(8-18)1-2-12(11)19-5-3-10(4-6-19)13(15,16)17/h1-2,7,10H,3-6H2. The molecule has 1 aromatic carbocycles. The van der Waals surface area contributed by atoms with E-state index in [1.807, 2.05) is 11.0 Å². The molecular formula is C13H12ClF3N2. The molecule has 6 heteroatoms. The fourth-order valence-electron chi connectivity index (χ4n) is 2.28. The molecule has 2 rings (SSSR count). The number of benzene rings is 1. The zero-order valence-electron chi connectivity index (χ0n) is 10.0. The van der Waals surface area contributed by atoms with Gasteiger partial charge < -0.3 is 4.90 Å². The Kier molecular flexibility index (Phi) is 3.91. The summed E-state index contributed by atoms with van der Waals surface area (Å²) in [5, 5.41) is 9.15. The van der Waals surface area contributed by atoms with Crippen LogP contribution in [0.4, 0.5) is 18.9 Å². The molecule has 0 N–H and O–H groups in total. The molecular weight excluding hydrogens is 277 g/mol. The molecule has 0 amide bonds. The van der Waals surface area contributed by atoms with E-state index in [0.29, 0.717) is 29.4 Å². The van der Waals surface area contributed by atoms with Gasteiger partial charge in [0.15, 0.2) is 0 Å². The summed E-state index contributed by atoms with van der Waals surface area (Å²) >= 11 is 6.05. The maximum atomic E-state index is 12.6. The zero-order valence-corrected chi connectivity index (χ0v) is 10.8. The van der Waals surface area contributed by atoms with Crippen LogP contribution in [-0.4, -0.2) is 19.3 Å². The summed E-state index contributed by atoms with van der Waals surface area (Å²) in [6, 6.07) is 6.82.